The Labute approximate surface area is 117 Å². The lowest BCUT2D eigenvalue weighted by Crippen LogP contribution is -2.27. The van der Waals surface area contributed by atoms with Crippen LogP contribution in [0.25, 0.3) is 0 Å². The molecule has 0 aromatic heterocycles. The fourth-order valence-corrected chi connectivity index (χ4v) is 1.89. The molecule has 1 aliphatic rings. The molecule has 0 atom stereocenters. The van der Waals surface area contributed by atoms with E-state index in [0.717, 1.165) is 18.4 Å². The first-order valence-corrected chi connectivity index (χ1v) is 6.54. The maximum absolute atomic E-state index is 11.7. The second kappa shape index (κ2) is 5.11. The van der Waals surface area contributed by atoms with Crippen molar-refractivity contribution in [3.05, 3.63) is 33.9 Å². The fourth-order valence-electron chi connectivity index (χ4n) is 1.89. The van der Waals surface area contributed by atoms with Gasteiger partial charge in [-0.3, -0.25) is 15.4 Å². The van der Waals surface area contributed by atoms with E-state index in [1.165, 1.54) is 6.07 Å². The molecule has 1 saturated carbocycles. The maximum Gasteiger partial charge on any atom is 0.412 e. The van der Waals surface area contributed by atoms with Crippen LogP contribution in [-0.2, 0) is 4.74 Å². The van der Waals surface area contributed by atoms with E-state index in [-0.39, 0.29) is 11.4 Å². The Balaban J connectivity index is 2.18. The van der Waals surface area contributed by atoms with Gasteiger partial charge in [-0.25, -0.2) is 4.79 Å². The van der Waals surface area contributed by atoms with Crippen LogP contribution in [0.1, 0.15) is 45.1 Å². The summed E-state index contributed by atoms with van der Waals surface area (Å²) < 4.78 is 5.09. The van der Waals surface area contributed by atoms with Gasteiger partial charge < -0.3 is 4.74 Å². The monoisotopic (exact) mass is 278 g/mol. The number of nitrogens with one attached hydrogen (secondary N) is 1. The fraction of sp³-hybridized carbons (Fsp3) is 0.500. The third kappa shape index (κ3) is 3.69. The number of benzene rings is 1. The van der Waals surface area contributed by atoms with Gasteiger partial charge in [0.2, 0.25) is 0 Å². The van der Waals surface area contributed by atoms with Crippen molar-refractivity contribution < 1.29 is 14.5 Å². The number of nitrogens with zero attached hydrogens (tertiary/aromatic N) is 1. The molecular formula is C14H18N2O4. The molecule has 0 bridgehead atoms. The first-order valence-electron chi connectivity index (χ1n) is 6.54. The minimum atomic E-state index is -0.695. The van der Waals surface area contributed by atoms with Gasteiger partial charge in [0, 0.05) is 6.07 Å². The summed E-state index contributed by atoms with van der Waals surface area (Å²) in [4.78, 5) is 22.3. The first-order chi connectivity index (χ1) is 9.26. The van der Waals surface area contributed by atoms with Gasteiger partial charge in [-0.1, -0.05) is 6.07 Å². The summed E-state index contributed by atoms with van der Waals surface area (Å²) in [6.07, 6.45) is 1.44. The predicted molar refractivity (Wildman–Crippen MR) is 74.9 cm³/mol. The van der Waals surface area contributed by atoms with Crippen molar-refractivity contribution in [2.75, 3.05) is 5.32 Å². The van der Waals surface area contributed by atoms with Gasteiger partial charge >= 0.3 is 6.09 Å². The second-order valence-corrected chi connectivity index (χ2v) is 5.93. The SMILES string of the molecule is CC(C)(C)OC(=O)Nc1ccc(C2CC2)cc1[N+](=O)[O-]. The van der Waals surface area contributed by atoms with Crippen LogP contribution < -0.4 is 5.32 Å². The highest BCUT2D eigenvalue weighted by molar-refractivity contribution is 5.88. The third-order valence-corrected chi connectivity index (χ3v) is 2.90. The summed E-state index contributed by atoms with van der Waals surface area (Å²) in [6.45, 7) is 5.20. The molecule has 108 valence electrons. The molecule has 1 N–H and O–H groups in total. The summed E-state index contributed by atoms with van der Waals surface area (Å²) in [7, 11) is 0. The number of anilines is 1. The Morgan fingerprint density at radius 2 is 2.05 bits per heavy atom. The van der Waals surface area contributed by atoms with Crippen LogP contribution in [-0.4, -0.2) is 16.6 Å². The lowest BCUT2D eigenvalue weighted by molar-refractivity contribution is -0.384. The van der Waals surface area contributed by atoms with E-state index in [9.17, 15) is 14.9 Å². The average Bonchev–Trinajstić information content (AvgIpc) is 3.10. The van der Waals surface area contributed by atoms with E-state index in [4.69, 9.17) is 4.74 Å². The topological polar surface area (TPSA) is 81.5 Å². The number of amides is 1. The molecule has 0 heterocycles. The molecular weight excluding hydrogens is 260 g/mol. The van der Waals surface area contributed by atoms with Gasteiger partial charge in [0.1, 0.15) is 11.3 Å². The highest BCUT2D eigenvalue weighted by Crippen LogP contribution is 2.42. The molecule has 6 nitrogen and oxygen atoms in total. The number of hydrogen-bond acceptors (Lipinski definition) is 4. The Bertz CT molecular complexity index is 545. The minimum Gasteiger partial charge on any atom is -0.444 e. The number of carbonyl (C=O) groups is 1. The summed E-state index contributed by atoms with van der Waals surface area (Å²) in [5, 5.41) is 13.5. The zero-order valence-corrected chi connectivity index (χ0v) is 11.8. The van der Waals surface area contributed by atoms with Crippen LogP contribution in [0.2, 0.25) is 0 Å². The van der Waals surface area contributed by atoms with E-state index in [0.29, 0.717) is 5.92 Å². The van der Waals surface area contributed by atoms with Gasteiger partial charge in [0.15, 0.2) is 0 Å². The van der Waals surface area contributed by atoms with E-state index < -0.39 is 16.6 Å². The third-order valence-electron chi connectivity index (χ3n) is 2.90. The zero-order chi connectivity index (χ0) is 14.9. The van der Waals surface area contributed by atoms with Crippen molar-refractivity contribution in [2.24, 2.45) is 0 Å². The second-order valence-electron chi connectivity index (χ2n) is 5.93. The molecule has 1 aromatic carbocycles. The van der Waals surface area contributed by atoms with Crippen LogP contribution in [0.3, 0.4) is 0 Å². The summed E-state index contributed by atoms with van der Waals surface area (Å²) in [6, 6.07) is 4.91. The average molecular weight is 278 g/mol. The van der Waals surface area contributed by atoms with Crippen molar-refractivity contribution in [1.82, 2.24) is 0 Å². The molecule has 1 aliphatic carbocycles. The number of nitro groups is 1. The van der Waals surface area contributed by atoms with Gasteiger partial charge in [0.05, 0.1) is 4.92 Å². The number of carbonyl (C=O) groups excluding carboxylic acids is 1. The Kier molecular flexibility index (Phi) is 3.65. The minimum absolute atomic E-state index is 0.0970. The van der Waals surface area contributed by atoms with E-state index in [2.05, 4.69) is 5.32 Å². The quantitative estimate of drug-likeness (QED) is 0.673. The van der Waals surface area contributed by atoms with Crippen molar-refractivity contribution >= 4 is 17.5 Å². The highest BCUT2D eigenvalue weighted by Gasteiger charge is 2.27. The molecule has 0 saturated heterocycles. The van der Waals surface area contributed by atoms with E-state index >= 15 is 0 Å². The van der Waals surface area contributed by atoms with E-state index in [1.54, 1.807) is 26.8 Å². The Morgan fingerprint density at radius 1 is 1.40 bits per heavy atom. The largest absolute Gasteiger partial charge is 0.444 e. The van der Waals surface area contributed by atoms with Gasteiger partial charge in [-0.05, 0) is 51.2 Å². The van der Waals surface area contributed by atoms with Crippen molar-refractivity contribution in [1.29, 1.82) is 0 Å². The van der Waals surface area contributed by atoms with Crippen molar-refractivity contribution in [3.63, 3.8) is 0 Å². The molecule has 1 fully saturated rings. The maximum atomic E-state index is 11.7. The number of hydrogen-bond donors (Lipinski definition) is 1. The van der Waals surface area contributed by atoms with Crippen molar-refractivity contribution in [3.8, 4) is 0 Å². The van der Waals surface area contributed by atoms with Gasteiger partial charge in [-0.15, -0.1) is 0 Å². The molecule has 0 radical (unpaired) electrons. The molecule has 1 amide bonds. The number of rotatable bonds is 3. The highest BCUT2D eigenvalue weighted by atomic mass is 16.6. The molecule has 0 unspecified atom stereocenters. The molecule has 1 aromatic rings. The molecule has 20 heavy (non-hydrogen) atoms. The smallest absolute Gasteiger partial charge is 0.412 e. The summed E-state index contributed by atoms with van der Waals surface area (Å²) >= 11 is 0. The standard InChI is InChI=1S/C14H18N2O4/c1-14(2,3)20-13(17)15-11-7-6-10(9-4-5-9)8-12(11)16(18)19/h6-9H,4-5H2,1-3H3,(H,15,17). The zero-order valence-electron chi connectivity index (χ0n) is 11.8. The normalized spacial score (nSPS) is 14.8. The summed E-state index contributed by atoms with van der Waals surface area (Å²) in [5.74, 6) is 0.421. The number of ether oxygens (including phenoxy) is 1. The molecule has 0 spiro atoms. The van der Waals surface area contributed by atoms with Crippen LogP contribution in [0.5, 0.6) is 0 Å². The van der Waals surface area contributed by atoms with Crippen LogP contribution in [0.15, 0.2) is 18.2 Å². The molecule has 2 rings (SSSR count). The van der Waals surface area contributed by atoms with Crippen LogP contribution in [0, 0.1) is 10.1 Å². The molecule has 0 aliphatic heterocycles. The Hall–Kier alpha value is -2.11. The number of nitro benzene ring substituents is 1. The van der Waals surface area contributed by atoms with Crippen LogP contribution >= 0.6 is 0 Å². The Morgan fingerprint density at radius 3 is 2.55 bits per heavy atom. The molecule has 6 heteroatoms. The van der Waals surface area contributed by atoms with Gasteiger partial charge in [-0.2, -0.15) is 0 Å². The summed E-state index contributed by atoms with van der Waals surface area (Å²) in [5.41, 5.74) is 0.368. The van der Waals surface area contributed by atoms with Crippen LogP contribution in [0.4, 0.5) is 16.2 Å². The van der Waals surface area contributed by atoms with Crippen molar-refractivity contribution in [2.45, 2.75) is 45.1 Å². The predicted octanol–water partition coefficient (Wildman–Crippen LogP) is 3.82. The first kappa shape index (κ1) is 14.3. The lowest BCUT2D eigenvalue weighted by atomic mass is 10.1. The lowest BCUT2D eigenvalue weighted by Gasteiger charge is -2.19. The van der Waals surface area contributed by atoms with Gasteiger partial charge in [0.25, 0.3) is 5.69 Å². The van der Waals surface area contributed by atoms with E-state index in [1.807, 2.05) is 6.07 Å².